The second kappa shape index (κ2) is 8.62. The van der Waals surface area contributed by atoms with Crippen LogP contribution in [0.5, 0.6) is 0 Å². The second-order valence-electron chi connectivity index (χ2n) is 7.79. The number of halogens is 3. The lowest BCUT2D eigenvalue weighted by Gasteiger charge is -2.31. The van der Waals surface area contributed by atoms with Crippen LogP contribution in [0.1, 0.15) is 25.0 Å². The van der Waals surface area contributed by atoms with E-state index in [0.29, 0.717) is 43.2 Å². The monoisotopic (exact) mass is 433 g/mol. The SMILES string of the molecule is Cc1cc(-c2cc3cc(NC(=O)C4CCN(CCC(F)(F)F)CC4)ncc3cn2)on1. The molecule has 0 bridgehead atoms. The number of aromatic nitrogens is 3. The Kier molecular flexibility index (Phi) is 5.90. The zero-order valence-corrected chi connectivity index (χ0v) is 16.9. The van der Waals surface area contributed by atoms with E-state index in [4.69, 9.17) is 4.52 Å². The smallest absolute Gasteiger partial charge is 0.354 e. The fourth-order valence-corrected chi connectivity index (χ4v) is 3.66. The van der Waals surface area contributed by atoms with Crippen LogP contribution in [0.4, 0.5) is 19.0 Å². The third kappa shape index (κ3) is 5.38. The highest BCUT2D eigenvalue weighted by Crippen LogP contribution is 2.26. The minimum Gasteiger partial charge on any atom is -0.354 e. The summed E-state index contributed by atoms with van der Waals surface area (Å²) in [4.78, 5) is 23.0. The molecule has 0 aliphatic carbocycles. The fourth-order valence-electron chi connectivity index (χ4n) is 3.66. The number of carbonyl (C=O) groups excluding carboxylic acids is 1. The molecular formula is C21H22F3N5O2. The van der Waals surface area contributed by atoms with E-state index in [0.717, 1.165) is 16.5 Å². The summed E-state index contributed by atoms with van der Waals surface area (Å²) < 4.78 is 42.4. The lowest BCUT2D eigenvalue weighted by Crippen LogP contribution is -2.39. The lowest BCUT2D eigenvalue weighted by atomic mass is 9.96. The van der Waals surface area contributed by atoms with Gasteiger partial charge in [-0.05, 0) is 50.4 Å². The Morgan fingerprint density at radius 2 is 1.90 bits per heavy atom. The van der Waals surface area contributed by atoms with Crippen LogP contribution in [0.3, 0.4) is 0 Å². The number of hydrogen-bond acceptors (Lipinski definition) is 6. The van der Waals surface area contributed by atoms with Crippen LogP contribution in [0, 0.1) is 12.8 Å². The second-order valence-corrected chi connectivity index (χ2v) is 7.79. The quantitative estimate of drug-likeness (QED) is 0.649. The van der Waals surface area contributed by atoms with E-state index < -0.39 is 12.6 Å². The molecule has 0 spiro atoms. The lowest BCUT2D eigenvalue weighted by molar-refractivity contribution is -0.139. The highest BCUT2D eigenvalue weighted by Gasteiger charge is 2.30. The number of carbonyl (C=O) groups is 1. The number of alkyl halides is 3. The molecule has 31 heavy (non-hydrogen) atoms. The number of pyridine rings is 2. The molecule has 0 radical (unpaired) electrons. The van der Waals surface area contributed by atoms with E-state index in [1.54, 1.807) is 29.4 Å². The molecule has 1 aliphatic heterocycles. The number of rotatable bonds is 5. The number of nitrogens with one attached hydrogen (secondary N) is 1. The Balaban J connectivity index is 1.38. The van der Waals surface area contributed by atoms with E-state index >= 15 is 0 Å². The van der Waals surface area contributed by atoms with Gasteiger partial charge in [-0.3, -0.25) is 9.78 Å². The Bertz CT molecular complexity index is 1070. The average molecular weight is 433 g/mol. The number of aryl methyl sites for hydroxylation is 1. The predicted molar refractivity (Wildman–Crippen MR) is 108 cm³/mol. The van der Waals surface area contributed by atoms with Gasteiger partial charge in [0.2, 0.25) is 5.91 Å². The van der Waals surface area contributed by atoms with Crippen LogP contribution in [-0.4, -0.2) is 51.7 Å². The van der Waals surface area contributed by atoms with Crippen molar-refractivity contribution in [2.75, 3.05) is 25.0 Å². The maximum atomic E-state index is 12.6. The number of amides is 1. The van der Waals surface area contributed by atoms with Gasteiger partial charge in [-0.2, -0.15) is 13.2 Å². The highest BCUT2D eigenvalue weighted by atomic mass is 19.4. The van der Waals surface area contributed by atoms with Crippen molar-refractivity contribution in [3.63, 3.8) is 0 Å². The van der Waals surface area contributed by atoms with E-state index in [-0.39, 0.29) is 18.4 Å². The summed E-state index contributed by atoms with van der Waals surface area (Å²) in [6.07, 6.45) is -0.621. The Labute approximate surface area is 176 Å². The normalized spacial score (nSPS) is 16.0. The number of nitrogens with zero attached hydrogens (tertiary/aromatic N) is 4. The summed E-state index contributed by atoms with van der Waals surface area (Å²) in [5.74, 6) is 0.564. The van der Waals surface area contributed by atoms with Gasteiger partial charge in [-0.15, -0.1) is 0 Å². The maximum absolute atomic E-state index is 12.6. The zero-order chi connectivity index (χ0) is 22.0. The number of piperidine rings is 1. The fraction of sp³-hybridized carbons (Fsp3) is 0.429. The van der Waals surface area contributed by atoms with Crippen LogP contribution in [0.25, 0.3) is 22.2 Å². The molecular weight excluding hydrogens is 411 g/mol. The Hall–Kier alpha value is -3.01. The van der Waals surface area contributed by atoms with Crippen molar-refractivity contribution >= 4 is 22.5 Å². The van der Waals surface area contributed by atoms with Crippen molar-refractivity contribution in [1.82, 2.24) is 20.0 Å². The van der Waals surface area contributed by atoms with Crippen molar-refractivity contribution in [2.45, 2.75) is 32.4 Å². The minimum atomic E-state index is -4.16. The molecule has 164 valence electrons. The van der Waals surface area contributed by atoms with E-state index in [1.807, 2.05) is 13.0 Å². The standard InChI is InChI=1S/C21H22F3N5O2/c1-13-8-18(31-28-13)17-9-15-10-19(26-12-16(15)11-25-17)27-20(30)14-2-5-29(6-3-14)7-4-21(22,23)24/h8-12,14H,2-7H2,1H3,(H,26,27,30). The van der Waals surface area contributed by atoms with Crippen molar-refractivity contribution in [1.29, 1.82) is 0 Å². The Morgan fingerprint density at radius 1 is 1.16 bits per heavy atom. The zero-order valence-electron chi connectivity index (χ0n) is 16.9. The first kappa shape index (κ1) is 21.2. The first-order valence-electron chi connectivity index (χ1n) is 10.1. The van der Waals surface area contributed by atoms with Gasteiger partial charge in [0, 0.05) is 36.3 Å². The van der Waals surface area contributed by atoms with Crippen LogP contribution < -0.4 is 5.32 Å². The third-order valence-electron chi connectivity index (χ3n) is 5.40. The molecule has 3 aromatic heterocycles. The first-order chi connectivity index (χ1) is 14.8. The van der Waals surface area contributed by atoms with Crippen molar-refractivity contribution in [2.24, 2.45) is 5.92 Å². The van der Waals surface area contributed by atoms with Gasteiger partial charge in [0.15, 0.2) is 5.76 Å². The minimum absolute atomic E-state index is 0.0227. The molecule has 1 saturated heterocycles. The molecule has 0 saturated carbocycles. The van der Waals surface area contributed by atoms with Crippen LogP contribution in [0.15, 0.2) is 35.1 Å². The van der Waals surface area contributed by atoms with Gasteiger partial charge in [0.05, 0.1) is 12.1 Å². The van der Waals surface area contributed by atoms with Crippen molar-refractivity contribution in [3.05, 3.63) is 36.3 Å². The summed E-state index contributed by atoms with van der Waals surface area (Å²) in [5.41, 5.74) is 1.38. The number of fused-ring (bicyclic) bond motifs is 1. The summed E-state index contributed by atoms with van der Waals surface area (Å²) in [6.45, 7) is 2.76. The first-order valence-corrected chi connectivity index (χ1v) is 10.1. The molecule has 0 atom stereocenters. The molecule has 1 fully saturated rings. The predicted octanol–water partition coefficient (Wildman–Crippen LogP) is 4.20. The van der Waals surface area contributed by atoms with Gasteiger partial charge in [-0.25, -0.2) is 4.98 Å². The van der Waals surface area contributed by atoms with E-state index in [2.05, 4.69) is 20.4 Å². The number of anilines is 1. The van der Waals surface area contributed by atoms with Gasteiger partial charge >= 0.3 is 6.18 Å². The van der Waals surface area contributed by atoms with Gasteiger partial charge in [0.1, 0.15) is 11.5 Å². The maximum Gasteiger partial charge on any atom is 0.390 e. The molecule has 1 aliphatic rings. The Morgan fingerprint density at radius 3 is 2.58 bits per heavy atom. The largest absolute Gasteiger partial charge is 0.390 e. The summed E-state index contributed by atoms with van der Waals surface area (Å²) >= 11 is 0. The van der Waals surface area contributed by atoms with E-state index in [9.17, 15) is 18.0 Å². The number of hydrogen-bond donors (Lipinski definition) is 1. The average Bonchev–Trinajstić information content (AvgIpc) is 3.18. The van der Waals surface area contributed by atoms with Crippen molar-refractivity contribution in [3.8, 4) is 11.5 Å². The summed E-state index contributed by atoms with van der Waals surface area (Å²) in [7, 11) is 0. The molecule has 0 unspecified atom stereocenters. The molecule has 4 rings (SSSR count). The molecule has 10 heteroatoms. The third-order valence-corrected chi connectivity index (χ3v) is 5.40. The number of likely N-dealkylation sites (tertiary alicyclic amines) is 1. The molecule has 0 aromatic carbocycles. The topological polar surface area (TPSA) is 84.2 Å². The molecule has 7 nitrogen and oxygen atoms in total. The van der Waals surface area contributed by atoms with Gasteiger partial charge < -0.3 is 14.7 Å². The van der Waals surface area contributed by atoms with Gasteiger partial charge in [-0.1, -0.05) is 5.16 Å². The molecule has 3 aromatic rings. The summed E-state index contributed by atoms with van der Waals surface area (Å²) in [6, 6.07) is 5.39. The van der Waals surface area contributed by atoms with Crippen molar-refractivity contribution < 1.29 is 22.5 Å². The molecule has 4 heterocycles. The van der Waals surface area contributed by atoms with E-state index in [1.165, 1.54) is 0 Å². The van der Waals surface area contributed by atoms with Crippen LogP contribution in [-0.2, 0) is 4.79 Å². The van der Waals surface area contributed by atoms with Crippen LogP contribution >= 0.6 is 0 Å². The summed E-state index contributed by atoms with van der Waals surface area (Å²) in [5, 5.41) is 8.36. The molecule has 1 amide bonds. The van der Waals surface area contributed by atoms with Crippen LogP contribution in [0.2, 0.25) is 0 Å². The van der Waals surface area contributed by atoms with Gasteiger partial charge in [0.25, 0.3) is 0 Å². The highest BCUT2D eigenvalue weighted by molar-refractivity contribution is 5.94. The molecule has 1 N–H and O–H groups in total.